The highest BCUT2D eigenvalue weighted by Crippen LogP contribution is 2.41. The van der Waals surface area contributed by atoms with Crippen molar-refractivity contribution in [1.29, 1.82) is 0 Å². The fraction of sp³-hybridized carbons (Fsp3) is 0.480. The van der Waals surface area contributed by atoms with Gasteiger partial charge in [-0.15, -0.1) is 0 Å². The van der Waals surface area contributed by atoms with Gasteiger partial charge in [0.15, 0.2) is 35.3 Å². The highest BCUT2D eigenvalue weighted by atomic mass is 35.5. The van der Waals surface area contributed by atoms with E-state index in [1.807, 2.05) is 73.2 Å². The van der Waals surface area contributed by atoms with E-state index in [-0.39, 0.29) is 92.5 Å². The van der Waals surface area contributed by atoms with E-state index in [2.05, 4.69) is 48.1 Å². The minimum Gasteiger partial charge on any atom is -0.456 e. The summed E-state index contributed by atoms with van der Waals surface area (Å²) in [5.74, 6) is 0.785. The van der Waals surface area contributed by atoms with Gasteiger partial charge in [0.2, 0.25) is 0 Å². The summed E-state index contributed by atoms with van der Waals surface area (Å²) in [6, 6.07) is 13.1. The summed E-state index contributed by atoms with van der Waals surface area (Å²) in [7, 11) is 5.04. The minimum atomic E-state index is -0.624. The molecule has 0 amide bonds. The van der Waals surface area contributed by atoms with Crippen LogP contribution >= 0.6 is 34.8 Å². The first-order chi connectivity index (χ1) is 51.3. The molecule has 9 aliphatic rings. The van der Waals surface area contributed by atoms with Crippen molar-refractivity contribution in [2.75, 3.05) is 80.8 Å². The van der Waals surface area contributed by atoms with Gasteiger partial charge in [0.1, 0.15) is 54.9 Å². The molecule has 27 nitrogen and oxygen atoms in total. The van der Waals surface area contributed by atoms with Gasteiger partial charge in [-0.05, 0) is 128 Å². The van der Waals surface area contributed by atoms with Crippen LogP contribution in [0.5, 0.6) is 18.0 Å². The van der Waals surface area contributed by atoms with Crippen LogP contribution in [-0.2, 0) is 81.2 Å². The van der Waals surface area contributed by atoms with Crippen LogP contribution in [0.1, 0.15) is 105 Å². The second-order valence-corrected chi connectivity index (χ2v) is 29.0. The van der Waals surface area contributed by atoms with E-state index >= 15 is 0 Å². The number of methoxy groups -OCH3 is 3. The number of pyridine rings is 6. The number of aliphatic hydroxyl groups is 3. The normalized spacial score (nSPS) is 27.7. The Balaban J connectivity index is 0.000000121. The van der Waals surface area contributed by atoms with Gasteiger partial charge in [-0.25, -0.2) is 15.0 Å². The van der Waals surface area contributed by atoms with Crippen LogP contribution in [-0.4, -0.2) is 229 Å². The standard InChI is InChI=1S/3C25H27ClN4O5/c3*1-32-6-2-3-13-7-14-4-5-15(21(14)27-10-13)8-17-16(26)9-18-24(28-17)30-25(29-18)35-20-12-34-22-19(31)11-33-23(20)22/h3*2-3,7,9-10,15,19-20,22-23,31H,4-6,8,11-12H2,1H3,(H,28,29,30)/b3*3-2+/t3*15?,19-,20-,22-,23-/m111/s1. The highest BCUT2D eigenvalue weighted by Gasteiger charge is 2.51. The minimum absolute atomic E-state index is 0.251. The summed E-state index contributed by atoms with van der Waals surface area (Å²) in [5.41, 5.74) is 16.6. The number of nitrogens with one attached hydrogen (secondary N) is 3. The molecule has 18 rings (SSSR count). The van der Waals surface area contributed by atoms with Crippen molar-refractivity contribution in [2.45, 2.75) is 149 Å². The Morgan fingerprint density at radius 3 is 1.00 bits per heavy atom. The number of aromatic amines is 3. The predicted molar refractivity (Wildman–Crippen MR) is 386 cm³/mol. The molecule has 0 radical (unpaired) electrons. The van der Waals surface area contributed by atoms with Crippen LogP contribution < -0.4 is 14.2 Å². The van der Waals surface area contributed by atoms with Crippen molar-refractivity contribution >= 4 is 86.5 Å². The number of aryl methyl sites for hydroxylation is 3. The zero-order chi connectivity index (χ0) is 71.8. The maximum atomic E-state index is 9.93. The Morgan fingerprint density at radius 2 is 0.705 bits per heavy atom. The lowest BCUT2D eigenvalue weighted by atomic mass is 9.99. The lowest BCUT2D eigenvalue weighted by Gasteiger charge is -2.15. The largest absolute Gasteiger partial charge is 0.456 e. The van der Waals surface area contributed by atoms with Crippen LogP contribution in [0.25, 0.3) is 51.7 Å². The smallest absolute Gasteiger partial charge is 0.296 e. The van der Waals surface area contributed by atoms with Gasteiger partial charge in [-0.3, -0.25) is 15.0 Å². The molecule has 0 bridgehead atoms. The third-order valence-corrected chi connectivity index (χ3v) is 21.7. The number of nitrogens with zero attached hydrogens (tertiary/aromatic N) is 9. The number of hydrogen-bond acceptors (Lipinski definition) is 24. The van der Waals surface area contributed by atoms with Crippen LogP contribution in [0.3, 0.4) is 0 Å². The van der Waals surface area contributed by atoms with E-state index in [1.165, 1.54) is 16.7 Å². The SMILES string of the molecule is COC/C=C/c1cnc2c(c1)CCC2Cc1nc2nc(O[C@@H]3CO[C@H]4[C@@H]3OC[C@H]4O)[nH]c2cc1Cl.COC/C=C/c1cnc2c(c1)CCC2Cc1nc2nc(O[C@@H]3CO[C@H]4[C@@H]3OC[C@H]4O)[nH]c2cc1Cl.COC/C=C/c1cnc2c(c1)CCC2Cc1nc2nc(O[C@@H]3CO[C@H]4[C@@H]3OC[C@H]4O)[nH]c2cc1Cl. The molecule has 0 aromatic carbocycles. The highest BCUT2D eigenvalue weighted by molar-refractivity contribution is 6.32. The molecule has 552 valence electrons. The van der Waals surface area contributed by atoms with Gasteiger partial charge in [0.05, 0.1) is 108 Å². The molecule has 0 saturated carbocycles. The second-order valence-electron chi connectivity index (χ2n) is 27.8. The van der Waals surface area contributed by atoms with Gasteiger partial charge in [0, 0.05) is 74.8 Å². The number of ether oxygens (including phenoxy) is 12. The summed E-state index contributed by atoms with van der Waals surface area (Å²) in [6.45, 7) is 3.50. The van der Waals surface area contributed by atoms with E-state index < -0.39 is 18.3 Å². The summed E-state index contributed by atoms with van der Waals surface area (Å²) in [5, 5.41) is 31.6. The fourth-order valence-corrected chi connectivity index (χ4v) is 16.3. The van der Waals surface area contributed by atoms with Crippen molar-refractivity contribution in [3.63, 3.8) is 0 Å². The van der Waals surface area contributed by atoms with Crippen molar-refractivity contribution in [2.24, 2.45) is 0 Å². The predicted octanol–water partition coefficient (Wildman–Crippen LogP) is 8.53. The van der Waals surface area contributed by atoms with Crippen LogP contribution in [0.4, 0.5) is 0 Å². The van der Waals surface area contributed by atoms with Crippen molar-refractivity contribution in [1.82, 2.24) is 59.8 Å². The molecular formula is C75H81Cl3N12O15. The quantitative estimate of drug-likeness (QED) is 0.0392. The van der Waals surface area contributed by atoms with E-state index in [4.69, 9.17) is 122 Å². The van der Waals surface area contributed by atoms with Crippen molar-refractivity contribution in [3.05, 3.63) is 156 Å². The number of aliphatic hydroxyl groups excluding tert-OH is 3. The summed E-state index contributed by atoms with van der Waals surface area (Å²) < 4.78 is 67.0. The Labute approximate surface area is 618 Å². The van der Waals surface area contributed by atoms with E-state index in [1.54, 1.807) is 21.3 Å². The van der Waals surface area contributed by atoms with E-state index in [9.17, 15) is 15.3 Å². The Bertz CT molecular complexity index is 4250. The molecule has 3 unspecified atom stereocenters. The van der Waals surface area contributed by atoms with Gasteiger partial charge in [-0.2, -0.15) is 15.0 Å². The summed E-state index contributed by atoms with van der Waals surface area (Å²) in [4.78, 5) is 51.5. The molecule has 9 aromatic heterocycles. The van der Waals surface area contributed by atoms with Gasteiger partial charge >= 0.3 is 0 Å². The third kappa shape index (κ3) is 15.5. The maximum absolute atomic E-state index is 9.93. The molecule has 3 aliphatic carbocycles. The van der Waals surface area contributed by atoms with Crippen LogP contribution in [0.2, 0.25) is 15.1 Å². The fourth-order valence-electron chi connectivity index (χ4n) is 15.6. The number of halogens is 3. The lowest BCUT2D eigenvalue weighted by molar-refractivity contribution is 0.00703. The van der Waals surface area contributed by atoms with E-state index in [0.29, 0.717) is 125 Å². The number of fused-ring (bicyclic) bond motifs is 9. The second kappa shape index (κ2) is 31.6. The first kappa shape index (κ1) is 71.6. The molecule has 0 spiro atoms. The summed E-state index contributed by atoms with van der Waals surface area (Å²) in [6.07, 6.45) is 21.0. The topological polar surface area (TPSA) is 335 Å². The first-order valence-corrected chi connectivity index (χ1v) is 36.7. The monoisotopic (exact) mass is 1490 g/mol. The molecule has 15 heterocycles. The van der Waals surface area contributed by atoms with Crippen LogP contribution in [0, 0.1) is 0 Å². The third-order valence-electron chi connectivity index (χ3n) is 20.7. The zero-order valence-electron chi connectivity index (χ0n) is 57.9. The van der Waals surface area contributed by atoms with Crippen molar-refractivity contribution < 1.29 is 72.2 Å². The molecule has 6 N–H and O–H groups in total. The van der Waals surface area contributed by atoms with E-state index in [0.717, 1.165) is 89.4 Å². The number of imidazole rings is 3. The molecule has 6 saturated heterocycles. The lowest BCUT2D eigenvalue weighted by Crippen LogP contribution is -2.34. The van der Waals surface area contributed by atoms with Gasteiger partial charge in [-0.1, -0.05) is 71.3 Å². The number of rotatable bonds is 21. The van der Waals surface area contributed by atoms with Crippen LogP contribution in [0.15, 0.2) is 73.2 Å². The zero-order valence-corrected chi connectivity index (χ0v) is 60.2. The molecule has 6 fully saturated rings. The van der Waals surface area contributed by atoms with Crippen molar-refractivity contribution in [3.8, 4) is 18.0 Å². The number of aromatic nitrogens is 12. The molecule has 30 heteroatoms. The molecule has 6 aliphatic heterocycles. The molecule has 105 heavy (non-hydrogen) atoms. The van der Waals surface area contributed by atoms with Gasteiger partial charge in [0.25, 0.3) is 18.0 Å². The Hall–Kier alpha value is -7.68. The number of hydrogen-bond donors (Lipinski definition) is 6. The van der Waals surface area contributed by atoms with Gasteiger partial charge < -0.3 is 87.1 Å². The molecule has 9 aromatic rings. The summed E-state index contributed by atoms with van der Waals surface area (Å²) >= 11 is 19.8. The molecular weight excluding hydrogens is 1420 g/mol. The average molecular weight is 1500 g/mol. The maximum Gasteiger partial charge on any atom is 0.296 e. The number of H-pyrrole nitrogens is 3. The molecule has 15 atom stereocenters. The Morgan fingerprint density at radius 1 is 0.410 bits per heavy atom. The first-order valence-electron chi connectivity index (χ1n) is 35.6. The average Bonchev–Trinajstić information content (AvgIpc) is 1.69. The Kier molecular flexibility index (Phi) is 21.6.